The fourth-order valence-corrected chi connectivity index (χ4v) is 2.60. The second kappa shape index (κ2) is 8.68. The van der Waals surface area contributed by atoms with E-state index in [0.29, 0.717) is 0 Å². The van der Waals surface area contributed by atoms with E-state index < -0.39 is 0 Å². The molecule has 0 aliphatic rings. The van der Waals surface area contributed by atoms with Crippen LogP contribution in [0.1, 0.15) is 38.4 Å². The van der Waals surface area contributed by atoms with Crippen LogP contribution in [-0.2, 0) is 16.0 Å². The summed E-state index contributed by atoms with van der Waals surface area (Å²) in [4.78, 5) is 0. The zero-order chi connectivity index (χ0) is 14.3. The molecule has 1 atom stereocenters. The number of aromatic nitrogens is 2. The van der Waals surface area contributed by atoms with Crippen molar-refractivity contribution in [3.8, 4) is 0 Å². The van der Waals surface area contributed by atoms with Gasteiger partial charge < -0.3 is 14.8 Å². The van der Waals surface area contributed by atoms with Gasteiger partial charge in [0.1, 0.15) is 6.04 Å². The molecule has 1 unspecified atom stereocenters. The third-order valence-electron chi connectivity index (χ3n) is 2.91. The second-order valence-electron chi connectivity index (χ2n) is 4.37. The summed E-state index contributed by atoms with van der Waals surface area (Å²) in [6, 6.07) is -0.0432. The first-order chi connectivity index (χ1) is 9.19. The predicted molar refractivity (Wildman–Crippen MR) is 79.1 cm³/mol. The van der Waals surface area contributed by atoms with E-state index in [1.54, 1.807) is 14.2 Å². The van der Waals surface area contributed by atoms with E-state index in [2.05, 4.69) is 40.2 Å². The summed E-state index contributed by atoms with van der Waals surface area (Å²) in [6.07, 6.45) is 3.58. The van der Waals surface area contributed by atoms with Gasteiger partial charge in [-0.05, 0) is 35.3 Å². The van der Waals surface area contributed by atoms with Crippen LogP contribution in [0.2, 0.25) is 0 Å². The predicted octanol–water partition coefficient (Wildman–Crippen LogP) is 2.72. The van der Waals surface area contributed by atoms with Gasteiger partial charge in [-0.2, -0.15) is 5.10 Å². The topological polar surface area (TPSA) is 48.3 Å². The molecule has 0 amide bonds. The quantitative estimate of drug-likeness (QED) is 0.706. The normalized spacial score (nSPS) is 13.2. The van der Waals surface area contributed by atoms with Crippen LogP contribution >= 0.6 is 15.9 Å². The Labute approximate surface area is 123 Å². The van der Waals surface area contributed by atoms with Crippen LogP contribution in [-0.4, -0.2) is 36.8 Å². The zero-order valence-electron chi connectivity index (χ0n) is 12.1. The first-order valence-electron chi connectivity index (χ1n) is 6.69. The van der Waals surface area contributed by atoms with Crippen molar-refractivity contribution < 1.29 is 9.47 Å². The first kappa shape index (κ1) is 16.6. The minimum Gasteiger partial charge on any atom is -0.354 e. The molecule has 0 bridgehead atoms. The minimum absolute atomic E-state index is 0.0432. The van der Waals surface area contributed by atoms with Gasteiger partial charge >= 0.3 is 0 Å². The Hall–Kier alpha value is -0.430. The van der Waals surface area contributed by atoms with Crippen molar-refractivity contribution in [1.82, 2.24) is 15.1 Å². The number of aryl methyl sites for hydroxylation is 1. The summed E-state index contributed by atoms with van der Waals surface area (Å²) < 4.78 is 13.8. The lowest BCUT2D eigenvalue weighted by atomic mass is 10.2. The van der Waals surface area contributed by atoms with Crippen molar-refractivity contribution >= 4 is 15.9 Å². The summed E-state index contributed by atoms with van der Waals surface area (Å²) >= 11 is 3.57. The molecule has 1 aromatic rings. The highest BCUT2D eigenvalue weighted by Gasteiger charge is 2.27. The summed E-state index contributed by atoms with van der Waals surface area (Å²) in [5, 5.41) is 7.88. The molecule has 0 aliphatic carbocycles. The molecule has 1 rings (SSSR count). The Morgan fingerprint density at radius 2 is 2.00 bits per heavy atom. The zero-order valence-corrected chi connectivity index (χ0v) is 13.7. The molecule has 6 heteroatoms. The number of hydrogen-bond acceptors (Lipinski definition) is 4. The summed E-state index contributed by atoms with van der Waals surface area (Å²) in [5.74, 6) is 0. The highest BCUT2D eigenvalue weighted by atomic mass is 79.9. The molecule has 0 aromatic carbocycles. The molecule has 0 spiro atoms. The van der Waals surface area contributed by atoms with Crippen molar-refractivity contribution in [2.24, 2.45) is 0 Å². The molecule has 0 saturated carbocycles. The van der Waals surface area contributed by atoms with E-state index in [9.17, 15) is 0 Å². The van der Waals surface area contributed by atoms with Crippen LogP contribution in [0.5, 0.6) is 0 Å². The molecule has 0 fully saturated rings. The fourth-order valence-electron chi connectivity index (χ4n) is 2.06. The van der Waals surface area contributed by atoms with Crippen LogP contribution in [0.15, 0.2) is 10.7 Å². The Morgan fingerprint density at radius 1 is 1.32 bits per heavy atom. The number of hydrogen-bond donors (Lipinski definition) is 1. The lowest BCUT2D eigenvalue weighted by molar-refractivity contribution is -0.125. The Kier molecular flexibility index (Phi) is 7.60. The SMILES string of the molecule is CCCNC(c1c(Br)cnn1CCC)C(OC)OC. The van der Waals surface area contributed by atoms with E-state index in [0.717, 1.165) is 36.1 Å². The van der Waals surface area contributed by atoms with Gasteiger partial charge in [-0.1, -0.05) is 13.8 Å². The van der Waals surface area contributed by atoms with Crippen LogP contribution in [0.4, 0.5) is 0 Å². The average molecular weight is 334 g/mol. The summed E-state index contributed by atoms with van der Waals surface area (Å²) in [7, 11) is 3.31. The molecule has 1 N–H and O–H groups in total. The molecule has 0 saturated heterocycles. The summed E-state index contributed by atoms with van der Waals surface area (Å²) in [6.45, 7) is 6.05. The highest BCUT2D eigenvalue weighted by molar-refractivity contribution is 9.10. The number of halogens is 1. The van der Waals surface area contributed by atoms with Crippen LogP contribution < -0.4 is 5.32 Å². The summed E-state index contributed by atoms with van der Waals surface area (Å²) in [5.41, 5.74) is 1.07. The number of nitrogens with zero attached hydrogens (tertiary/aromatic N) is 2. The van der Waals surface area contributed by atoms with Gasteiger partial charge in [-0.3, -0.25) is 4.68 Å². The third-order valence-corrected chi connectivity index (χ3v) is 3.53. The maximum absolute atomic E-state index is 5.42. The van der Waals surface area contributed by atoms with E-state index in [4.69, 9.17) is 9.47 Å². The monoisotopic (exact) mass is 333 g/mol. The van der Waals surface area contributed by atoms with Gasteiger partial charge in [0.2, 0.25) is 0 Å². The Bertz CT molecular complexity index is 367. The van der Waals surface area contributed by atoms with Gasteiger partial charge in [-0.15, -0.1) is 0 Å². The smallest absolute Gasteiger partial charge is 0.177 e. The van der Waals surface area contributed by atoms with Gasteiger partial charge in [0.15, 0.2) is 6.29 Å². The van der Waals surface area contributed by atoms with Crippen molar-refractivity contribution in [3.63, 3.8) is 0 Å². The molecule has 19 heavy (non-hydrogen) atoms. The third kappa shape index (κ3) is 4.27. The molecule has 1 heterocycles. The molecular formula is C13H24BrN3O2. The largest absolute Gasteiger partial charge is 0.354 e. The number of methoxy groups -OCH3 is 2. The van der Waals surface area contributed by atoms with Crippen molar-refractivity contribution in [2.75, 3.05) is 20.8 Å². The van der Waals surface area contributed by atoms with Gasteiger partial charge in [0.25, 0.3) is 0 Å². The standard InChI is InChI=1S/C13H24BrN3O2/c1-5-7-15-11(13(18-3)19-4)12-10(14)9-16-17(12)8-6-2/h9,11,13,15H,5-8H2,1-4H3. The van der Waals surface area contributed by atoms with Crippen LogP contribution in [0.3, 0.4) is 0 Å². The van der Waals surface area contributed by atoms with Crippen molar-refractivity contribution in [3.05, 3.63) is 16.4 Å². The van der Waals surface area contributed by atoms with Crippen molar-refractivity contribution in [2.45, 2.75) is 45.6 Å². The van der Waals surface area contributed by atoms with E-state index in [1.807, 2.05) is 10.9 Å². The maximum atomic E-state index is 5.42. The first-order valence-corrected chi connectivity index (χ1v) is 7.49. The van der Waals surface area contributed by atoms with Crippen LogP contribution in [0, 0.1) is 0 Å². The van der Waals surface area contributed by atoms with Crippen molar-refractivity contribution in [1.29, 1.82) is 0 Å². The molecule has 5 nitrogen and oxygen atoms in total. The highest BCUT2D eigenvalue weighted by Crippen LogP contribution is 2.27. The van der Waals surface area contributed by atoms with E-state index >= 15 is 0 Å². The van der Waals surface area contributed by atoms with Gasteiger partial charge in [-0.25, -0.2) is 0 Å². The minimum atomic E-state index is -0.338. The van der Waals surface area contributed by atoms with E-state index in [1.165, 1.54) is 0 Å². The molecule has 1 aromatic heterocycles. The van der Waals surface area contributed by atoms with Crippen LogP contribution in [0.25, 0.3) is 0 Å². The molecule has 0 aliphatic heterocycles. The number of nitrogens with one attached hydrogen (secondary N) is 1. The van der Waals surface area contributed by atoms with Gasteiger partial charge in [0.05, 0.1) is 16.4 Å². The second-order valence-corrected chi connectivity index (χ2v) is 5.23. The van der Waals surface area contributed by atoms with Gasteiger partial charge in [0, 0.05) is 20.8 Å². The molecular weight excluding hydrogens is 310 g/mol. The molecule has 110 valence electrons. The lowest BCUT2D eigenvalue weighted by Crippen LogP contribution is -2.36. The lowest BCUT2D eigenvalue weighted by Gasteiger charge is -2.27. The molecule has 0 radical (unpaired) electrons. The maximum Gasteiger partial charge on any atom is 0.177 e. The van der Waals surface area contributed by atoms with E-state index in [-0.39, 0.29) is 12.3 Å². The average Bonchev–Trinajstić information content (AvgIpc) is 2.76. The Balaban J connectivity index is 3.04. The Morgan fingerprint density at radius 3 is 2.53 bits per heavy atom. The fraction of sp³-hybridized carbons (Fsp3) is 0.769. The number of rotatable bonds is 9. The number of ether oxygens (including phenoxy) is 2.